The Labute approximate surface area is 159 Å². The van der Waals surface area contributed by atoms with Crippen molar-refractivity contribution in [2.45, 2.75) is 37.6 Å². The molecule has 1 heterocycles. The van der Waals surface area contributed by atoms with Gasteiger partial charge in [-0.3, -0.25) is 5.32 Å². The number of nitrogens with zero attached hydrogens (tertiary/aromatic N) is 1. The number of aromatic nitrogens is 1. The molecule has 0 aliphatic heterocycles. The van der Waals surface area contributed by atoms with Crippen molar-refractivity contribution in [3.63, 3.8) is 0 Å². The zero-order valence-electron chi connectivity index (χ0n) is 14.0. The molecule has 0 spiro atoms. The lowest BCUT2D eigenvalue weighted by molar-refractivity contribution is 0.252. The lowest BCUT2D eigenvalue weighted by Gasteiger charge is -2.14. The van der Waals surface area contributed by atoms with E-state index in [1.807, 2.05) is 6.08 Å². The SMILES string of the molecule is CCCCNC(=O)Nc1snc(OCC2=C(F)CC(Br)C=C2)c1CN. The number of nitrogens with two attached hydrogens (primary N) is 1. The molecular formula is C16H22BrFN4O2S. The summed E-state index contributed by atoms with van der Waals surface area (Å²) in [5.74, 6) is 0.119. The van der Waals surface area contributed by atoms with Crippen molar-refractivity contribution >= 4 is 38.5 Å². The maximum absolute atomic E-state index is 13.9. The van der Waals surface area contributed by atoms with E-state index in [1.54, 1.807) is 6.08 Å². The van der Waals surface area contributed by atoms with Crippen molar-refractivity contribution in [2.75, 3.05) is 18.5 Å². The Morgan fingerprint density at radius 1 is 1.60 bits per heavy atom. The van der Waals surface area contributed by atoms with E-state index < -0.39 is 0 Å². The average Bonchev–Trinajstić information content (AvgIpc) is 2.96. The van der Waals surface area contributed by atoms with Crippen LogP contribution in [0.25, 0.3) is 0 Å². The van der Waals surface area contributed by atoms with Crippen LogP contribution in [0.2, 0.25) is 0 Å². The number of nitrogens with one attached hydrogen (secondary N) is 2. The summed E-state index contributed by atoms with van der Waals surface area (Å²) in [4.78, 5) is 11.9. The monoisotopic (exact) mass is 432 g/mol. The number of hydrogen-bond donors (Lipinski definition) is 3. The minimum atomic E-state index is -0.300. The maximum Gasteiger partial charge on any atom is 0.319 e. The Hall–Kier alpha value is -1.45. The van der Waals surface area contributed by atoms with E-state index >= 15 is 0 Å². The number of hydrogen-bond acceptors (Lipinski definition) is 5. The predicted molar refractivity (Wildman–Crippen MR) is 102 cm³/mol. The van der Waals surface area contributed by atoms with Gasteiger partial charge in [-0.15, -0.1) is 0 Å². The number of halogens is 2. The van der Waals surface area contributed by atoms with Crippen LogP contribution in [0.4, 0.5) is 14.2 Å². The molecule has 0 bridgehead atoms. The largest absolute Gasteiger partial charge is 0.472 e. The highest BCUT2D eigenvalue weighted by atomic mass is 79.9. The van der Waals surface area contributed by atoms with Gasteiger partial charge in [-0.25, -0.2) is 9.18 Å². The number of ether oxygens (including phenoxy) is 1. The van der Waals surface area contributed by atoms with Crippen molar-refractivity contribution in [1.82, 2.24) is 9.69 Å². The van der Waals surface area contributed by atoms with E-state index in [1.165, 1.54) is 0 Å². The molecule has 1 aromatic rings. The van der Waals surface area contributed by atoms with E-state index in [9.17, 15) is 9.18 Å². The minimum absolute atomic E-state index is 0.0112. The Bertz CT molecular complexity index is 663. The normalized spacial score (nSPS) is 16.9. The molecule has 1 atom stereocenters. The molecule has 9 heteroatoms. The molecule has 138 valence electrons. The third kappa shape index (κ3) is 5.79. The summed E-state index contributed by atoms with van der Waals surface area (Å²) in [7, 11) is 0. The summed E-state index contributed by atoms with van der Waals surface area (Å²) in [6.45, 7) is 2.89. The summed E-state index contributed by atoms with van der Waals surface area (Å²) < 4.78 is 23.7. The molecular weight excluding hydrogens is 411 g/mol. The van der Waals surface area contributed by atoms with E-state index in [0.29, 0.717) is 35.0 Å². The number of alkyl halides is 1. The molecule has 0 fully saturated rings. The smallest absolute Gasteiger partial charge is 0.319 e. The van der Waals surface area contributed by atoms with Crippen LogP contribution < -0.4 is 21.1 Å². The lowest BCUT2D eigenvalue weighted by Crippen LogP contribution is -2.29. The Balaban J connectivity index is 1.96. The molecule has 2 amide bonds. The predicted octanol–water partition coefficient (Wildman–Crippen LogP) is 3.85. The number of carbonyl (C=O) groups is 1. The second-order valence-electron chi connectivity index (χ2n) is 5.53. The van der Waals surface area contributed by atoms with E-state index in [0.717, 1.165) is 24.4 Å². The zero-order chi connectivity index (χ0) is 18.2. The van der Waals surface area contributed by atoms with Crippen LogP contribution in [-0.2, 0) is 6.54 Å². The number of allylic oxidation sites excluding steroid dienone is 2. The fraction of sp³-hybridized carbons (Fsp3) is 0.500. The standard InChI is InChI=1S/C16H22BrFN4O2S/c1-2-3-6-20-16(23)21-15-12(8-19)14(22-25-15)24-9-10-4-5-11(17)7-13(10)18/h4-5,11H,2-3,6-9,19H2,1H3,(H2,20,21,23). The molecule has 6 nitrogen and oxygen atoms in total. The molecule has 1 aliphatic rings. The van der Waals surface area contributed by atoms with Gasteiger partial charge in [-0.05, 0) is 18.0 Å². The number of amides is 2. The molecule has 1 aromatic heterocycles. The first-order valence-corrected chi connectivity index (χ1v) is 9.80. The number of carbonyl (C=O) groups excluding carboxylic acids is 1. The van der Waals surface area contributed by atoms with E-state index in [4.69, 9.17) is 10.5 Å². The summed E-state index contributed by atoms with van der Waals surface area (Å²) >= 11 is 4.44. The molecule has 4 N–H and O–H groups in total. The van der Waals surface area contributed by atoms with Gasteiger partial charge in [0.2, 0.25) is 5.88 Å². The number of urea groups is 1. The molecule has 0 saturated heterocycles. The fourth-order valence-corrected chi connectivity index (χ4v) is 3.36. The average molecular weight is 433 g/mol. The van der Waals surface area contributed by atoms with E-state index in [-0.39, 0.29) is 29.8 Å². The zero-order valence-corrected chi connectivity index (χ0v) is 16.4. The Morgan fingerprint density at radius 2 is 2.40 bits per heavy atom. The first kappa shape index (κ1) is 19.9. The fourth-order valence-electron chi connectivity index (χ4n) is 2.17. The Kier molecular flexibility index (Phi) is 7.86. The van der Waals surface area contributed by atoms with Crippen molar-refractivity contribution in [3.05, 3.63) is 29.1 Å². The third-order valence-electron chi connectivity index (χ3n) is 3.59. The van der Waals surface area contributed by atoms with Crippen molar-refractivity contribution in [2.24, 2.45) is 5.73 Å². The lowest BCUT2D eigenvalue weighted by atomic mass is 10.1. The maximum atomic E-state index is 13.9. The van der Waals surface area contributed by atoms with Gasteiger partial charge in [-0.2, -0.15) is 4.37 Å². The Morgan fingerprint density at radius 3 is 3.08 bits per heavy atom. The third-order valence-corrected chi connectivity index (χ3v) is 5.01. The second-order valence-corrected chi connectivity index (χ2v) is 7.48. The molecule has 1 unspecified atom stereocenters. The summed E-state index contributed by atoms with van der Waals surface area (Å²) in [6, 6.07) is -0.300. The van der Waals surface area contributed by atoms with Gasteiger partial charge in [-0.1, -0.05) is 41.4 Å². The molecule has 1 aliphatic carbocycles. The summed E-state index contributed by atoms with van der Waals surface area (Å²) in [5, 5.41) is 6.04. The molecule has 0 saturated carbocycles. The van der Waals surface area contributed by atoms with E-state index in [2.05, 4.69) is 37.9 Å². The van der Waals surface area contributed by atoms with Crippen LogP contribution >= 0.6 is 27.5 Å². The number of rotatable bonds is 8. The first-order valence-electron chi connectivity index (χ1n) is 8.11. The van der Waals surface area contributed by atoms with Gasteiger partial charge in [0.15, 0.2) is 0 Å². The highest BCUT2D eigenvalue weighted by Crippen LogP contribution is 2.31. The van der Waals surface area contributed by atoms with Gasteiger partial charge < -0.3 is 15.8 Å². The molecule has 0 radical (unpaired) electrons. The highest BCUT2D eigenvalue weighted by molar-refractivity contribution is 9.09. The van der Waals surface area contributed by atoms with Crippen molar-refractivity contribution in [1.29, 1.82) is 0 Å². The van der Waals surface area contributed by atoms with Crippen LogP contribution in [-0.4, -0.2) is 28.4 Å². The summed E-state index contributed by atoms with van der Waals surface area (Å²) in [5.41, 5.74) is 6.85. The second kappa shape index (κ2) is 9.88. The van der Waals surface area contributed by atoms with Gasteiger partial charge in [0.25, 0.3) is 0 Å². The van der Waals surface area contributed by atoms with Gasteiger partial charge in [0.05, 0.1) is 5.56 Å². The molecule has 25 heavy (non-hydrogen) atoms. The van der Waals surface area contributed by atoms with Crippen molar-refractivity contribution in [3.8, 4) is 5.88 Å². The highest BCUT2D eigenvalue weighted by Gasteiger charge is 2.18. The van der Waals surface area contributed by atoms with Crippen LogP contribution in [0.1, 0.15) is 31.7 Å². The van der Waals surface area contributed by atoms with Gasteiger partial charge in [0, 0.05) is 29.9 Å². The first-order chi connectivity index (χ1) is 12.0. The number of anilines is 1. The van der Waals surface area contributed by atoms with Gasteiger partial charge >= 0.3 is 6.03 Å². The van der Waals surface area contributed by atoms with Crippen molar-refractivity contribution < 1.29 is 13.9 Å². The minimum Gasteiger partial charge on any atom is -0.472 e. The van der Waals surface area contributed by atoms with Crippen LogP contribution in [0.15, 0.2) is 23.6 Å². The van der Waals surface area contributed by atoms with Crippen LogP contribution in [0.5, 0.6) is 5.88 Å². The van der Waals surface area contributed by atoms with Crippen LogP contribution in [0, 0.1) is 0 Å². The quantitative estimate of drug-likeness (QED) is 0.429. The number of unbranched alkanes of at least 4 members (excludes halogenated alkanes) is 1. The van der Waals surface area contributed by atoms with Gasteiger partial charge in [0.1, 0.15) is 17.4 Å². The molecule has 0 aromatic carbocycles. The topological polar surface area (TPSA) is 89.3 Å². The van der Waals surface area contributed by atoms with Crippen LogP contribution in [0.3, 0.4) is 0 Å². The summed E-state index contributed by atoms with van der Waals surface area (Å²) in [6.07, 6.45) is 5.80. The molecule has 2 rings (SSSR count).